The second kappa shape index (κ2) is 6.06. The van der Waals surface area contributed by atoms with E-state index in [0.29, 0.717) is 12.3 Å². The molecule has 0 atom stereocenters. The van der Waals surface area contributed by atoms with Crippen LogP contribution in [-0.2, 0) is 16.6 Å². The lowest BCUT2D eigenvalue weighted by molar-refractivity contribution is 0.388. The Morgan fingerprint density at radius 2 is 1.90 bits per heavy atom. The smallest absolute Gasteiger partial charge is 0.240 e. The van der Waals surface area contributed by atoms with E-state index in [4.69, 9.17) is 4.52 Å². The van der Waals surface area contributed by atoms with Crippen LogP contribution in [0.2, 0.25) is 0 Å². The van der Waals surface area contributed by atoms with Crippen LogP contribution in [0.25, 0.3) is 0 Å². The Morgan fingerprint density at radius 3 is 2.45 bits per heavy atom. The molecule has 1 aromatic heterocycles. The van der Waals surface area contributed by atoms with Gasteiger partial charge >= 0.3 is 0 Å². The molecule has 2 rings (SSSR count). The molecule has 7 heteroatoms. The normalized spacial score (nSPS) is 11.8. The zero-order valence-corrected chi connectivity index (χ0v) is 12.1. The first-order valence-corrected chi connectivity index (χ1v) is 7.71. The molecule has 0 radical (unpaired) electrons. The standard InChI is InChI=1S/C13H17N3O3S/c1-10(2)16-20(17,18)13-5-3-11(4-6-13)14-9-12-7-8-15-19-12/h3-8,10,14,16H,9H2,1-2H3. The molecule has 0 unspecified atom stereocenters. The van der Waals surface area contributed by atoms with Gasteiger partial charge in [0.25, 0.3) is 0 Å². The highest BCUT2D eigenvalue weighted by molar-refractivity contribution is 7.89. The topological polar surface area (TPSA) is 84.2 Å². The number of hydrogen-bond donors (Lipinski definition) is 2. The maximum Gasteiger partial charge on any atom is 0.240 e. The van der Waals surface area contributed by atoms with Gasteiger partial charge in [0.1, 0.15) is 0 Å². The average molecular weight is 295 g/mol. The van der Waals surface area contributed by atoms with Crippen molar-refractivity contribution in [1.82, 2.24) is 9.88 Å². The molecule has 0 saturated carbocycles. The lowest BCUT2D eigenvalue weighted by atomic mass is 10.3. The monoisotopic (exact) mass is 295 g/mol. The molecule has 6 nitrogen and oxygen atoms in total. The van der Waals surface area contributed by atoms with Crippen LogP contribution in [0.4, 0.5) is 5.69 Å². The summed E-state index contributed by atoms with van der Waals surface area (Å²) in [5.74, 6) is 0.711. The van der Waals surface area contributed by atoms with Gasteiger partial charge in [-0.3, -0.25) is 0 Å². The van der Waals surface area contributed by atoms with Gasteiger partial charge in [-0.05, 0) is 38.1 Å². The fraction of sp³-hybridized carbons (Fsp3) is 0.308. The molecule has 0 amide bonds. The minimum Gasteiger partial charge on any atom is -0.378 e. The third-order valence-electron chi connectivity index (χ3n) is 2.51. The van der Waals surface area contributed by atoms with E-state index in [1.54, 1.807) is 50.4 Å². The number of aromatic nitrogens is 1. The Balaban J connectivity index is 2.02. The summed E-state index contributed by atoms with van der Waals surface area (Å²) >= 11 is 0. The van der Waals surface area contributed by atoms with Crippen molar-refractivity contribution in [2.75, 3.05) is 5.32 Å². The third-order valence-corrected chi connectivity index (χ3v) is 4.19. The molecule has 0 fully saturated rings. The Morgan fingerprint density at radius 1 is 1.20 bits per heavy atom. The van der Waals surface area contributed by atoms with Crippen LogP contribution in [0.1, 0.15) is 19.6 Å². The maximum absolute atomic E-state index is 11.9. The van der Waals surface area contributed by atoms with Gasteiger partial charge in [-0.2, -0.15) is 0 Å². The second-order valence-electron chi connectivity index (χ2n) is 4.63. The summed E-state index contributed by atoms with van der Waals surface area (Å²) in [6.45, 7) is 4.06. The van der Waals surface area contributed by atoms with Crippen LogP contribution in [0, 0.1) is 0 Å². The molecule has 0 aliphatic rings. The van der Waals surface area contributed by atoms with Gasteiger partial charge in [0.15, 0.2) is 5.76 Å². The summed E-state index contributed by atoms with van der Waals surface area (Å²) in [6.07, 6.45) is 1.57. The van der Waals surface area contributed by atoms with Gasteiger partial charge in [-0.1, -0.05) is 5.16 Å². The molecule has 1 aromatic carbocycles. The van der Waals surface area contributed by atoms with Crippen molar-refractivity contribution in [3.63, 3.8) is 0 Å². The molecular formula is C13H17N3O3S. The number of sulfonamides is 1. The van der Waals surface area contributed by atoms with Crippen molar-refractivity contribution in [2.24, 2.45) is 0 Å². The van der Waals surface area contributed by atoms with E-state index >= 15 is 0 Å². The summed E-state index contributed by atoms with van der Waals surface area (Å²) in [5, 5.41) is 6.72. The predicted molar refractivity (Wildman–Crippen MR) is 75.7 cm³/mol. The first-order valence-electron chi connectivity index (χ1n) is 6.23. The molecule has 2 N–H and O–H groups in total. The van der Waals surface area contributed by atoms with Crippen molar-refractivity contribution in [3.8, 4) is 0 Å². The third kappa shape index (κ3) is 3.82. The molecule has 0 spiro atoms. The molecule has 2 aromatic rings. The van der Waals surface area contributed by atoms with Gasteiger partial charge in [0.2, 0.25) is 10.0 Å². The largest absolute Gasteiger partial charge is 0.378 e. The van der Waals surface area contributed by atoms with Crippen molar-refractivity contribution < 1.29 is 12.9 Å². The number of hydrogen-bond acceptors (Lipinski definition) is 5. The second-order valence-corrected chi connectivity index (χ2v) is 6.35. The van der Waals surface area contributed by atoms with Crippen molar-refractivity contribution in [3.05, 3.63) is 42.3 Å². The van der Waals surface area contributed by atoms with E-state index in [9.17, 15) is 8.42 Å². The van der Waals surface area contributed by atoms with Crippen LogP contribution in [-0.4, -0.2) is 19.6 Å². The van der Waals surface area contributed by atoms with Gasteiger partial charge in [0, 0.05) is 17.8 Å². The number of rotatable bonds is 6. The van der Waals surface area contributed by atoms with E-state index in [2.05, 4.69) is 15.2 Å². The summed E-state index contributed by atoms with van der Waals surface area (Å²) in [6, 6.07) is 8.18. The molecule has 0 aliphatic carbocycles. The molecule has 0 bridgehead atoms. The van der Waals surface area contributed by atoms with Gasteiger partial charge in [0.05, 0.1) is 17.6 Å². The van der Waals surface area contributed by atoms with Crippen molar-refractivity contribution >= 4 is 15.7 Å². The lowest BCUT2D eigenvalue weighted by Gasteiger charge is -2.10. The first-order chi connectivity index (χ1) is 9.47. The summed E-state index contributed by atoms with van der Waals surface area (Å²) in [4.78, 5) is 0.247. The highest BCUT2D eigenvalue weighted by atomic mass is 32.2. The molecule has 108 valence electrons. The van der Waals surface area contributed by atoms with Crippen molar-refractivity contribution in [2.45, 2.75) is 31.3 Å². The highest BCUT2D eigenvalue weighted by Gasteiger charge is 2.14. The van der Waals surface area contributed by atoms with E-state index in [-0.39, 0.29) is 10.9 Å². The SMILES string of the molecule is CC(C)NS(=O)(=O)c1ccc(NCc2ccno2)cc1. The molecule has 1 heterocycles. The highest BCUT2D eigenvalue weighted by Crippen LogP contribution is 2.15. The van der Waals surface area contributed by atoms with Crippen LogP contribution in [0.3, 0.4) is 0 Å². The van der Waals surface area contributed by atoms with E-state index in [1.807, 2.05) is 0 Å². The fourth-order valence-electron chi connectivity index (χ4n) is 1.65. The zero-order chi connectivity index (χ0) is 14.6. The minimum absolute atomic E-state index is 0.135. The Bertz CT molecular complexity index is 634. The van der Waals surface area contributed by atoms with Gasteiger partial charge in [-0.25, -0.2) is 13.1 Å². The van der Waals surface area contributed by atoms with Gasteiger partial charge < -0.3 is 9.84 Å². The summed E-state index contributed by atoms with van der Waals surface area (Å²) in [5.41, 5.74) is 0.810. The molecular weight excluding hydrogens is 278 g/mol. The average Bonchev–Trinajstić information content (AvgIpc) is 2.88. The fourth-order valence-corrected chi connectivity index (χ4v) is 2.90. The number of anilines is 1. The van der Waals surface area contributed by atoms with Crippen LogP contribution >= 0.6 is 0 Å². The number of nitrogens with zero attached hydrogens (tertiary/aromatic N) is 1. The minimum atomic E-state index is -3.44. The number of benzene rings is 1. The Hall–Kier alpha value is -1.86. The van der Waals surface area contributed by atoms with Crippen LogP contribution in [0.15, 0.2) is 45.9 Å². The van der Waals surface area contributed by atoms with Gasteiger partial charge in [-0.15, -0.1) is 0 Å². The van der Waals surface area contributed by atoms with E-state index in [0.717, 1.165) is 5.69 Å². The van der Waals surface area contributed by atoms with Crippen LogP contribution < -0.4 is 10.0 Å². The first kappa shape index (κ1) is 14.5. The van der Waals surface area contributed by atoms with Crippen LogP contribution in [0.5, 0.6) is 0 Å². The summed E-state index contributed by atoms with van der Waals surface area (Å²) < 4.78 is 31.4. The van der Waals surface area contributed by atoms with E-state index < -0.39 is 10.0 Å². The molecule has 20 heavy (non-hydrogen) atoms. The summed E-state index contributed by atoms with van der Waals surface area (Å²) in [7, 11) is -3.44. The zero-order valence-electron chi connectivity index (χ0n) is 11.3. The predicted octanol–water partition coefficient (Wildman–Crippen LogP) is 1.97. The Kier molecular flexibility index (Phi) is 4.41. The number of nitrogens with one attached hydrogen (secondary N) is 2. The maximum atomic E-state index is 11.9. The molecule has 0 saturated heterocycles. The Labute approximate surface area is 118 Å². The van der Waals surface area contributed by atoms with E-state index in [1.165, 1.54) is 0 Å². The molecule has 0 aliphatic heterocycles. The quantitative estimate of drug-likeness (QED) is 0.851. The van der Waals surface area contributed by atoms with Crippen molar-refractivity contribution in [1.29, 1.82) is 0 Å². The lowest BCUT2D eigenvalue weighted by Crippen LogP contribution is -2.30.